The summed E-state index contributed by atoms with van der Waals surface area (Å²) in [5.74, 6) is 2.07. The Kier molecular flexibility index (Phi) is 6.95. The highest BCUT2D eigenvalue weighted by Gasteiger charge is 2.20. The van der Waals surface area contributed by atoms with Crippen molar-refractivity contribution in [3.8, 4) is 0 Å². The molecule has 1 aromatic rings. The summed E-state index contributed by atoms with van der Waals surface area (Å²) in [6.07, 6.45) is 1.28. The number of hydrogen-bond donors (Lipinski definition) is 1. The number of likely N-dealkylation sites (N-methyl/N-ethyl adjacent to an activating group) is 1. The van der Waals surface area contributed by atoms with Gasteiger partial charge in [-0.05, 0) is 48.4 Å². The van der Waals surface area contributed by atoms with Crippen molar-refractivity contribution in [2.45, 2.75) is 40.0 Å². The molecular weight excluding hydrogens is 286 g/mol. The second-order valence-electron chi connectivity index (χ2n) is 5.58. The van der Waals surface area contributed by atoms with Gasteiger partial charge in [-0.3, -0.25) is 0 Å². The summed E-state index contributed by atoms with van der Waals surface area (Å²) < 4.78 is 1.18. The molecule has 0 radical (unpaired) electrons. The van der Waals surface area contributed by atoms with Gasteiger partial charge in [-0.15, -0.1) is 0 Å². The first-order valence-electron chi connectivity index (χ1n) is 7.00. The summed E-state index contributed by atoms with van der Waals surface area (Å²) in [5, 5.41) is 3.51. The Hall–Kier alpha value is -0.340. The first-order valence-corrected chi connectivity index (χ1v) is 7.80. The van der Waals surface area contributed by atoms with Gasteiger partial charge in [-0.1, -0.05) is 55.8 Å². The minimum Gasteiger partial charge on any atom is -0.316 e. The molecule has 2 heteroatoms. The molecule has 2 atom stereocenters. The van der Waals surface area contributed by atoms with Gasteiger partial charge in [0.25, 0.3) is 0 Å². The van der Waals surface area contributed by atoms with Crippen LogP contribution in [0.2, 0.25) is 0 Å². The molecule has 0 spiro atoms. The molecular formula is C16H26BrN. The fourth-order valence-electron chi connectivity index (χ4n) is 2.59. The second-order valence-corrected chi connectivity index (χ2v) is 6.49. The van der Waals surface area contributed by atoms with E-state index in [9.17, 15) is 0 Å². The highest BCUT2D eigenvalue weighted by Crippen LogP contribution is 2.30. The van der Waals surface area contributed by atoms with Crippen LogP contribution in [-0.4, -0.2) is 13.1 Å². The van der Waals surface area contributed by atoms with Gasteiger partial charge in [0, 0.05) is 11.0 Å². The molecule has 18 heavy (non-hydrogen) atoms. The van der Waals surface area contributed by atoms with Gasteiger partial charge in [0.15, 0.2) is 0 Å². The van der Waals surface area contributed by atoms with Crippen LogP contribution < -0.4 is 5.32 Å². The van der Waals surface area contributed by atoms with E-state index in [2.05, 4.69) is 73.2 Å². The van der Waals surface area contributed by atoms with Crippen molar-refractivity contribution >= 4 is 15.9 Å². The van der Waals surface area contributed by atoms with Crippen LogP contribution in [0.3, 0.4) is 0 Å². The Balaban J connectivity index is 2.83. The first-order chi connectivity index (χ1) is 8.54. The van der Waals surface area contributed by atoms with Crippen molar-refractivity contribution in [2.75, 3.05) is 13.1 Å². The number of hydrogen-bond acceptors (Lipinski definition) is 1. The van der Waals surface area contributed by atoms with E-state index in [-0.39, 0.29) is 0 Å². The molecule has 1 aromatic carbocycles. The first kappa shape index (κ1) is 15.7. The lowest BCUT2D eigenvalue weighted by atomic mass is 9.82. The van der Waals surface area contributed by atoms with Crippen LogP contribution in [-0.2, 0) is 0 Å². The van der Waals surface area contributed by atoms with Crippen LogP contribution in [0.1, 0.15) is 45.6 Å². The van der Waals surface area contributed by atoms with Gasteiger partial charge in [0.05, 0.1) is 0 Å². The summed E-state index contributed by atoms with van der Waals surface area (Å²) in [6.45, 7) is 11.3. The zero-order valence-corrected chi connectivity index (χ0v) is 13.6. The third-order valence-corrected chi connectivity index (χ3v) is 3.91. The molecule has 1 N–H and O–H groups in total. The Labute approximate surface area is 120 Å². The molecule has 0 saturated carbocycles. The van der Waals surface area contributed by atoms with Crippen molar-refractivity contribution in [1.29, 1.82) is 0 Å². The van der Waals surface area contributed by atoms with Crippen molar-refractivity contribution in [1.82, 2.24) is 5.32 Å². The van der Waals surface area contributed by atoms with E-state index < -0.39 is 0 Å². The lowest BCUT2D eigenvalue weighted by Gasteiger charge is -2.26. The maximum absolute atomic E-state index is 3.58. The fraction of sp³-hybridized carbons (Fsp3) is 0.625. The predicted octanol–water partition coefficient (Wildman–Crippen LogP) is 4.82. The van der Waals surface area contributed by atoms with E-state index in [0.29, 0.717) is 11.8 Å². The summed E-state index contributed by atoms with van der Waals surface area (Å²) in [5.41, 5.74) is 1.44. The van der Waals surface area contributed by atoms with Gasteiger partial charge < -0.3 is 5.32 Å². The minimum atomic E-state index is 0.602. The zero-order chi connectivity index (χ0) is 13.5. The second kappa shape index (κ2) is 7.96. The van der Waals surface area contributed by atoms with Crippen molar-refractivity contribution in [3.05, 3.63) is 34.3 Å². The summed E-state index contributed by atoms with van der Waals surface area (Å²) in [7, 11) is 0. The highest BCUT2D eigenvalue weighted by molar-refractivity contribution is 9.10. The van der Waals surface area contributed by atoms with E-state index in [1.54, 1.807) is 0 Å². The topological polar surface area (TPSA) is 12.0 Å². The molecule has 0 saturated heterocycles. The number of rotatable bonds is 7. The van der Waals surface area contributed by atoms with Crippen LogP contribution in [0.25, 0.3) is 0 Å². The van der Waals surface area contributed by atoms with Gasteiger partial charge in [0.1, 0.15) is 0 Å². The van der Waals surface area contributed by atoms with E-state index in [1.165, 1.54) is 16.5 Å². The Morgan fingerprint density at radius 2 is 1.94 bits per heavy atom. The van der Waals surface area contributed by atoms with E-state index >= 15 is 0 Å². The predicted molar refractivity (Wildman–Crippen MR) is 84.0 cm³/mol. The molecule has 0 bridgehead atoms. The number of benzene rings is 1. The Morgan fingerprint density at radius 3 is 2.50 bits per heavy atom. The molecule has 1 nitrogen and oxygen atoms in total. The van der Waals surface area contributed by atoms with E-state index in [4.69, 9.17) is 0 Å². The fourth-order valence-corrected chi connectivity index (χ4v) is 3.01. The quantitative estimate of drug-likeness (QED) is 0.761. The molecule has 102 valence electrons. The molecule has 0 amide bonds. The standard InChI is InChI=1S/C16H26BrN/c1-5-18-11-16(13(4)9-12(2)3)14-7-6-8-15(17)10-14/h6-8,10,12-13,16,18H,5,9,11H2,1-4H3. The van der Waals surface area contributed by atoms with Gasteiger partial charge in [-0.2, -0.15) is 0 Å². The van der Waals surface area contributed by atoms with Crippen LogP contribution >= 0.6 is 15.9 Å². The van der Waals surface area contributed by atoms with Crippen LogP contribution in [0.15, 0.2) is 28.7 Å². The minimum absolute atomic E-state index is 0.602. The molecule has 0 aromatic heterocycles. The average Bonchev–Trinajstić information content (AvgIpc) is 2.28. The lowest BCUT2D eigenvalue weighted by molar-refractivity contribution is 0.362. The maximum atomic E-state index is 3.58. The Bertz CT molecular complexity index is 349. The van der Waals surface area contributed by atoms with Crippen LogP contribution in [0, 0.1) is 11.8 Å². The van der Waals surface area contributed by atoms with Gasteiger partial charge in [-0.25, -0.2) is 0 Å². The van der Waals surface area contributed by atoms with Gasteiger partial charge in [0.2, 0.25) is 0 Å². The SMILES string of the molecule is CCNCC(c1cccc(Br)c1)C(C)CC(C)C. The third kappa shape index (κ3) is 5.11. The van der Waals surface area contributed by atoms with Crippen molar-refractivity contribution in [2.24, 2.45) is 11.8 Å². The van der Waals surface area contributed by atoms with Crippen molar-refractivity contribution < 1.29 is 0 Å². The molecule has 2 unspecified atom stereocenters. The summed E-state index contributed by atoms with van der Waals surface area (Å²) in [4.78, 5) is 0. The molecule has 0 heterocycles. The molecule has 1 rings (SSSR count). The van der Waals surface area contributed by atoms with Crippen molar-refractivity contribution in [3.63, 3.8) is 0 Å². The normalized spacial score (nSPS) is 14.8. The van der Waals surface area contributed by atoms with Crippen LogP contribution in [0.5, 0.6) is 0 Å². The highest BCUT2D eigenvalue weighted by atomic mass is 79.9. The molecule has 0 aliphatic heterocycles. The maximum Gasteiger partial charge on any atom is 0.0178 e. The summed E-state index contributed by atoms with van der Waals surface area (Å²) in [6, 6.07) is 8.75. The smallest absolute Gasteiger partial charge is 0.0178 e. The molecule has 0 fully saturated rings. The van der Waals surface area contributed by atoms with Gasteiger partial charge >= 0.3 is 0 Å². The average molecular weight is 312 g/mol. The lowest BCUT2D eigenvalue weighted by Crippen LogP contribution is -2.26. The molecule has 0 aliphatic rings. The third-order valence-electron chi connectivity index (χ3n) is 3.42. The van der Waals surface area contributed by atoms with E-state index in [1.807, 2.05) is 0 Å². The Morgan fingerprint density at radius 1 is 1.22 bits per heavy atom. The molecule has 0 aliphatic carbocycles. The summed E-state index contributed by atoms with van der Waals surface area (Å²) >= 11 is 3.58. The monoisotopic (exact) mass is 311 g/mol. The zero-order valence-electron chi connectivity index (χ0n) is 12.0. The number of halogens is 1. The number of nitrogens with one attached hydrogen (secondary N) is 1. The van der Waals surface area contributed by atoms with E-state index in [0.717, 1.165) is 19.0 Å². The van der Waals surface area contributed by atoms with Crippen LogP contribution in [0.4, 0.5) is 0 Å². The largest absolute Gasteiger partial charge is 0.316 e.